The van der Waals surface area contributed by atoms with E-state index in [2.05, 4.69) is 13.8 Å². The molecule has 1 aliphatic rings. The molecule has 0 spiro atoms. The van der Waals surface area contributed by atoms with Gasteiger partial charge >= 0.3 is 0 Å². The fourth-order valence-corrected chi connectivity index (χ4v) is 1.79. The van der Waals surface area contributed by atoms with Gasteiger partial charge in [0.05, 0.1) is 12.0 Å². The second kappa shape index (κ2) is 3.05. The first-order chi connectivity index (χ1) is 5.49. The van der Waals surface area contributed by atoms with Crippen molar-refractivity contribution >= 4 is 5.71 Å². The van der Waals surface area contributed by atoms with Gasteiger partial charge in [0.2, 0.25) is 0 Å². The summed E-state index contributed by atoms with van der Waals surface area (Å²) in [6.45, 7) is 8.51. The summed E-state index contributed by atoms with van der Waals surface area (Å²) in [6.07, 6.45) is 0.545. The second-order valence-electron chi connectivity index (χ2n) is 4.03. The van der Waals surface area contributed by atoms with Crippen molar-refractivity contribution in [3.05, 3.63) is 5.21 Å². The van der Waals surface area contributed by atoms with Gasteiger partial charge in [-0.3, -0.25) is 0 Å². The number of ether oxygens (including phenoxy) is 1. The summed E-state index contributed by atoms with van der Waals surface area (Å²) in [4.78, 5) is 0. The van der Waals surface area contributed by atoms with Crippen LogP contribution in [0.25, 0.3) is 0 Å². The van der Waals surface area contributed by atoms with Crippen LogP contribution in [0, 0.1) is 10.6 Å². The lowest BCUT2D eigenvalue weighted by Crippen LogP contribution is -2.33. The van der Waals surface area contributed by atoms with Crippen LogP contribution < -0.4 is 0 Å². The molecule has 3 nitrogen and oxygen atoms in total. The quantitative estimate of drug-likeness (QED) is 0.468. The lowest BCUT2D eigenvalue weighted by Gasteiger charge is -2.23. The zero-order valence-electron chi connectivity index (χ0n) is 8.26. The van der Waals surface area contributed by atoms with Gasteiger partial charge in [0, 0.05) is 13.3 Å². The Hall–Kier alpha value is -0.570. The highest BCUT2D eigenvalue weighted by Gasteiger charge is 2.44. The Morgan fingerprint density at radius 1 is 1.67 bits per heavy atom. The summed E-state index contributed by atoms with van der Waals surface area (Å²) in [5.41, 5.74) is 0.834. The van der Waals surface area contributed by atoms with Gasteiger partial charge in [-0.05, 0) is 6.92 Å². The van der Waals surface area contributed by atoms with Gasteiger partial charge in [0.15, 0.2) is 5.71 Å². The minimum absolute atomic E-state index is 0.0398. The lowest BCUT2D eigenvalue weighted by molar-refractivity contribution is -0.564. The van der Waals surface area contributed by atoms with E-state index < -0.39 is 0 Å². The molecule has 1 rings (SSSR count). The Morgan fingerprint density at radius 2 is 2.25 bits per heavy atom. The molecule has 1 unspecified atom stereocenters. The molecule has 3 heteroatoms. The molecule has 0 radical (unpaired) electrons. The fraction of sp³-hybridized carbons (Fsp3) is 0.889. The van der Waals surface area contributed by atoms with E-state index in [1.54, 1.807) is 0 Å². The molecule has 0 fully saturated rings. The van der Waals surface area contributed by atoms with Crippen LogP contribution in [0.15, 0.2) is 0 Å². The molecule has 0 bridgehead atoms. The standard InChI is InChI=1S/C9H17NO2/c1-5-12-8-9(3,4)6-7(2)10(8)11/h8H,5-6H2,1-4H3. The topological polar surface area (TPSA) is 35.3 Å². The van der Waals surface area contributed by atoms with Gasteiger partial charge < -0.3 is 9.94 Å². The molecule has 0 aromatic heterocycles. The molecular weight excluding hydrogens is 154 g/mol. The monoisotopic (exact) mass is 171 g/mol. The van der Waals surface area contributed by atoms with Gasteiger partial charge in [0.25, 0.3) is 6.23 Å². The molecule has 1 heterocycles. The van der Waals surface area contributed by atoms with Crippen molar-refractivity contribution in [2.75, 3.05) is 6.61 Å². The molecule has 0 aliphatic carbocycles. The molecule has 1 aliphatic heterocycles. The van der Waals surface area contributed by atoms with E-state index in [1.807, 2.05) is 13.8 Å². The van der Waals surface area contributed by atoms with Crippen LogP contribution in [0.3, 0.4) is 0 Å². The summed E-state index contributed by atoms with van der Waals surface area (Å²) in [5.74, 6) is 0. The van der Waals surface area contributed by atoms with E-state index in [1.165, 1.54) is 0 Å². The summed E-state index contributed by atoms with van der Waals surface area (Å²) in [7, 11) is 0. The predicted molar refractivity (Wildman–Crippen MR) is 48.1 cm³/mol. The van der Waals surface area contributed by atoms with Crippen molar-refractivity contribution in [1.82, 2.24) is 0 Å². The van der Waals surface area contributed by atoms with Crippen LogP contribution >= 0.6 is 0 Å². The smallest absolute Gasteiger partial charge is 0.273 e. The first-order valence-electron chi connectivity index (χ1n) is 4.39. The van der Waals surface area contributed by atoms with Crippen molar-refractivity contribution < 1.29 is 9.48 Å². The summed E-state index contributed by atoms with van der Waals surface area (Å²) < 4.78 is 6.40. The summed E-state index contributed by atoms with van der Waals surface area (Å²) in [5, 5.41) is 11.5. The molecule has 0 aromatic rings. The third-order valence-electron chi connectivity index (χ3n) is 2.29. The summed E-state index contributed by atoms with van der Waals surface area (Å²) in [6, 6.07) is 0. The average molecular weight is 171 g/mol. The van der Waals surface area contributed by atoms with Crippen LogP contribution in [-0.2, 0) is 4.74 Å². The van der Waals surface area contributed by atoms with E-state index in [4.69, 9.17) is 4.74 Å². The maximum atomic E-state index is 11.5. The van der Waals surface area contributed by atoms with Crippen LogP contribution in [0.5, 0.6) is 0 Å². The molecule has 0 amide bonds. The first kappa shape index (κ1) is 9.52. The second-order valence-corrected chi connectivity index (χ2v) is 4.03. The predicted octanol–water partition coefficient (Wildman–Crippen LogP) is 1.75. The van der Waals surface area contributed by atoms with Crippen molar-refractivity contribution in [2.24, 2.45) is 5.41 Å². The normalized spacial score (nSPS) is 28.2. The van der Waals surface area contributed by atoms with Gasteiger partial charge in [-0.25, -0.2) is 0 Å². The maximum absolute atomic E-state index is 11.5. The largest absolute Gasteiger partial charge is 0.622 e. The highest BCUT2D eigenvalue weighted by Crippen LogP contribution is 2.33. The number of hydrogen-bond acceptors (Lipinski definition) is 2. The Balaban J connectivity index is 2.79. The van der Waals surface area contributed by atoms with E-state index in [-0.39, 0.29) is 11.6 Å². The molecule has 1 atom stereocenters. The van der Waals surface area contributed by atoms with Crippen LogP contribution in [0.1, 0.15) is 34.1 Å². The molecule has 0 N–H and O–H groups in total. The number of nitrogens with zero attached hydrogens (tertiary/aromatic N) is 1. The molecule has 0 saturated heterocycles. The Kier molecular flexibility index (Phi) is 2.42. The van der Waals surface area contributed by atoms with Gasteiger partial charge in [-0.1, -0.05) is 13.8 Å². The average Bonchev–Trinajstić information content (AvgIpc) is 2.13. The molecule has 0 aromatic carbocycles. The fourth-order valence-electron chi connectivity index (χ4n) is 1.79. The number of hydroxylamine groups is 1. The van der Waals surface area contributed by atoms with Crippen molar-refractivity contribution in [2.45, 2.75) is 40.3 Å². The maximum Gasteiger partial charge on any atom is 0.273 e. The van der Waals surface area contributed by atoms with Gasteiger partial charge in [-0.2, -0.15) is 4.74 Å². The molecular formula is C9H17NO2. The Labute approximate surface area is 73.6 Å². The highest BCUT2D eigenvalue weighted by molar-refractivity contribution is 5.79. The zero-order chi connectivity index (χ0) is 9.35. The van der Waals surface area contributed by atoms with Crippen LogP contribution in [-0.4, -0.2) is 23.3 Å². The van der Waals surface area contributed by atoms with E-state index >= 15 is 0 Å². The van der Waals surface area contributed by atoms with Gasteiger partial charge in [0.1, 0.15) is 0 Å². The Bertz CT molecular complexity index is 209. The van der Waals surface area contributed by atoms with E-state index in [0.717, 1.165) is 16.9 Å². The van der Waals surface area contributed by atoms with Gasteiger partial charge in [-0.15, -0.1) is 0 Å². The van der Waals surface area contributed by atoms with Crippen molar-refractivity contribution in [1.29, 1.82) is 0 Å². The molecule has 0 saturated carbocycles. The van der Waals surface area contributed by atoms with Crippen LogP contribution in [0.2, 0.25) is 0 Å². The molecule has 12 heavy (non-hydrogen) atoms. The molecule has 70 valence electrons. The number of hydrogen-bond donors (Lipinski definition) is 0. The minimum atomic E-state index is -0.289. The minimum Gasteiger partial charge on any atom is -0.622 e. The zero-order valence-corrected chi connectivity index (χ0v) is 8.26. The number of rotatable bonds is 2. The van der Waals surface area contributed by atoms with Crippen molar-refractivity contribution in [3.63, 3.8) is 0 Å². The highest BCUT2D eigenvalue weighted by atomic mass is 16.6. The summed E-state index contributed by atoms with van der Waals surface area (Å²) >= 11 is 0. The lowest BCUT2D eigenvalue weighted by atomic mass is 9.88. The SMILES string of the molecule is CCOC1[N+]([O-])=C(C)CC1(C)C. The van der Waals surface area contributed by atoms with Crippen LogP contribution in [0.4, 0.5) is 0 Å². The van der Waals surface area contributed by atoms with E-state index in [0.29, 0.717) is 6.61 Å². The first-order valence-corrected chi connectivity index (χ1v) is 4.39. The van der Waals surface area contributed by atoms with E-state index in [9.17, 15) is 5.21 Å². The van der Waals surface area contributed by atoms with Crippen molar-refractivity contribution in [3.8, 4) is 0 Å². The third-order valence-corrected chi connectivity index (χ3v) is 2.29. The Morgan fingerprint density at radius 3 is 2.58 bits per heavy atom. The third kappa shape index (κ3) is 1.46.